The van der Waals surface area contributed by atoms with Gasteiger partial charge in [0.25, 0.3) is 0 Å². The van der Waals surface area contributed by atoms with E-state index in [0.717, 1.165) is 16.7 Å². The van der Waals surface area contributed by atoms with Gasteiger partial charge in [-0.3, -0.25) is 4.79 Å². The fraction of sp³-hybridized carbons (Fsp3) is 0. The van der Waals surface area contributed by atoms with Gasteiger partial charge in [-0.05, 0) is 0 Å². The van der Waals surface area contributed by atoms with Crippen LogP contribution in [0.2, 0.25) is 0 Å². The van der Waals surface area contributed by atoms with Crippen LogP contribution in [0.3, 0.4) is 0 Å². The van der Waals surface area contributed by atoms with Crippen molar-refractivity contribution in [3.05, 3.63) is 54.1 Å². The molecule has 1 aromatic carbocycles. The van der Waals surface area contributed by atoms with Gasteiger partial charge in [-0.25, -0.2) is 4.98 Å². The molecule has 0 aliphatic rings. The maximum absolute atomic E-state index is 10.5. The molecule has 1 aromatic heterocycles. The molecule has 2 aromatic rings. The molecule has 2 N–H and O–H groups in total. The van der Waals surface area contributed by atoms with Gasteiger partial charge in [-0.1, -0.05) is 54.3 Å². The number of aromatic nitrogens is 1. The average molecular weight is 272 g/mol. The molecule has 0 saturated carbocycles. The molecule has 0 bridgehead atoms. The topological polar surface area (TPSA) is 62.2 Å². The second kappa shape index (κ2) is 5.97. The normalized spacial score (nSPS) is 11.1. The van der Waals surface area contributed by atoms with E-state index in [4.69, 9.17) is 0 Å². The number of allylic oxidation sites excluding steroid dienone is 2. The predicted octanol–water partition coefficient (Wildman–Crippen LogP) is 3.46. The van der Waals surface area contributed by atoms with Crippen molar-refractivity contribution < 1.29 is 9.90 Å². The number of benzene rings is 1. The number of amides is 1. The number of carbonyl (C=O) groups is 1. The Kier molecular flexibility index (Phi) is 4.10. The van der Waals surface area contributed by atoms with E-state index in [1.54, 1.807) is 6.08 Å². The summed E-state index contributed by atoms with van der Waals surface area (Å²) in [7, 11) is 0. The van der Waals surface area contributed by atoms with Crippen molar-refractivity contribution in [2.24, 2.45) is 0 Å². The smallest absolute Gasteiger partial charge is 0.213 e. The van der Waals surface area contributed by atoms with E-state index < -0.39 is 0 Å². The Labute approximate surface area is 114 Å². The van der Waals surface area contributed by atoms with Gasteiger partial charge >= 0.3 is 0 Å². The number of carbonyl (C=O) groups excluding carboxylic acids is 1. The number of anilines is 1. The Morgan fingerprint density at radius 3 is 2.68 bits per heavy atom. The lowest BCUT2D eigenvalue weighted by atomic mass is 10.1. The molecule has 96 valence electrons. The molecule has 0 spiro atoms. The lowest BCUT2D eigenvalue weighted by Gasteiger charge is -2.01. The van der Waals surface area contributed by atoms with Crippen LogP contribution in [-0.4, -0.2) is 16.5 Å². The van der Waals surface area contributed by atoms with E-state index in [0.29, 0.717) is 22.8 Å². The van der Waals surface area contributed by atoms with Crippen molar-refractivity contribution in [1.29, 1.82) is 0 Å². The number of rotatable bonds is 5. The largest absolute Gasteiger partial charge is 0.515 e. The second-order valence-corrected chi connectivity index (χ2v) is 4.61. The minimum Gasteiger partial charge on any atom is -0.515 e. The number of aliphatic hydroxyl groups excluding tert-OH is 1. The molecule has 1 heterocycles. The van der Waals surface area contributed by atoms with Crippen molar-refractivity contribution in [2.75, 3.05) is 5.32 Å². The fourth-order valence-electron chi connectivity index (χ4n) is 1.62. The summed E-state index contributed by atoms with van der Waals surface area (Å²) in [5.41, 5.74) is 2.18. The maximum atomic E-state index is 10.5. The van der Waals surface area contributed by atoms with E-state index in [2.05, 4.69) is 16.9 Å². The molecule has 0 unspecified atom stereocenters. The van der Waals surface area contributed by atoms with Crippen molar-refractivity contribution in [1.82, 2.24) is 4.98 Å². The highest BCUT2D eigenvalue weighted by Crippen LogP contribution is 2.36. The average Bonchev–Trinajstić information content (AvgIpc) is 2.86. The van der Waals surface area contributed by atoms with E-state index in [1.165, 1.54) is 11.3 Å². The van der Waals surface area contributed by atoms with E-state index in [1.807, 2.05) is 30.3 Å². The third-order valence-corrected chi connectivity index (χ3v) is 3.51. The fourth-order valence-corrected chi connectivity index (χ4v) is 2.58. The zero-order valence-corrected chi connectivity index (χ0v) is 10.9. The van der Waals surface area contributed by atoms with Crippen molar-refractivity contribution >= 4 is 28.5 Å². The Morgan fingerprint density at radius 2 is 2.11 bits per heavy atom. The first-order valence-electron chi connectivity index (χ1n) is 5.53. The molecule has 0 fully saturated rings. The van der Waals surface area contributed by atoms with E-state index in [9.17, 15) is 9.90 Å². The summed E-state index contributed by atoms with van der Waals surface area (Å²) in [5.74, 6) is 0. The number of aliphatic hydroxyl groups is 1. The van der Waals surface area contributed by atoms with Crippen LogP contribution in [0, 0.1) is 0 Å². The van der Waals surface area contributed by atoms with Crippen LogP contribution in [0.5, 0.6) is 0 Å². The monoisotopic (exact) mass is 272 g/mol. The second-order valence-electron chi connectivity index (χ2n) is 3.61. The summed E-state index contributed by atoms with van der Waals surface area (Å²) in [6, 6.07) is 9.56. The lowest BCUT2D eigenvalue weighted by Crippen LogP contribution is -1.92. The summed E-state index contributed by atoms with van der Waals surface area (Å²) in [6.45, 7) is 3.66. The van der Waals surface area contributed by atoms with Crippen LogP contribution < -0.4 is 5.32 Å². The van der Waals surface area contributed by atoms with Gasteiger partial charge in [0, 0.05) is 11.1 Å². The molecule has 1 amide bonds. The van der Waals surface area contributed by atoms with Gasteiger partial charge in [-0.2, -0.15) is 0 Å². The van der Waals surface area contributed by atoms with Crippen LogP contribution in [0.1, 0.15) is 4.88 Å². The number of nitrogens with one attached hydrogen (secondary N) is 1. The third kappa shape index (κ3) is 2.71. The lowest BCUT2D eigenvalue weighted by molar-refractivity contribution is -0.105. The Hall–Kier alpha value is -2.40. The number of hydrogen-bond donors (Lipinski definition) is 2. The first kappa shape index (κ1) is 13.0. The van der Waals surface area contributed by atoms with Gasteiger partial charge in [0.15, 0.2) is 5.13 Å². The van der Waals surface area contributed by atoms with E-state index >= 15 is 0 Å². The molecule has 2 rings (SSSR count). The Morgan fingerprint density at radius 1 is 1.37 bits per heavy atom. The van der Waals surface area contributed by atoms with Crippen molar-refractivity contribution in [3.63, 3.8) is 0 Å². The quantitative estimate of drug-likeness (QED) is 0.498. The maximum Gasteiger partial charge on any atom is 0.213 e. The zero-order valence-electron chi connectivity index (χ0n) is 10.0. The summed E-state index contributed by atoms with van der Waals surface area (Å²) < 4.78 is 0. The highest BCUT2D eigenvalue weighted by atomic mass is 32.1. The summed E-state index contributed by atoms with van der Waals surface area (Å²) >= 11 is 1.28. The van der Waals surface area contributed by atoms with Gasteiger partial charge in [0.1, 0.15) is 0 Å². The predicted molar refractivity (Wildman–Crippen MR) is 78.0 cm³/mol. The highest BCUT2D eigenvalue weighted by molar-refractivity contribution is 7.17. The van der Waals surface area contributed by atoms with Crippen molar-refractivity contribution in [3.8, 4) is 11.3 Å². The molecular formula is C14H12N2O2S. The summed E-state index contributed by atoms with van der Waals surface area (Å²) in [6.07, 6.45) is 3.11. The number of hydrogen-bond acceptors (Lipinski definition) is 4. The molecule has 0 radical (unpaired) electrons. The van der Waals surface area contributed by atoms with Gasteiger partial charge in [-0.15, -0.1) is 0 Å². The summed E-state index contributed by atoms with van der Waals surface area (Å²) in [4.78, 5) is 15.6. The molecule has 0 aliphatic carbocycles. The molecule has 0 saturated heterocycles. The highest BCUT2D eigenvalue weighted by Gasteiger charge is 2.15. The molecule has 4 nitrogen and oxygen atoms in total. The molecule has 0 aliphatic heterocycles. The van der Waals surface area contributed by atoms with E-state index in [-0.39, 0.29) is 0 Å². The molecule has 0 atom stereocenters. The first-order chi connectivity index (χ1) is 9.30. The van der Waals surface area contributed by atoms with Crippen LogP contribution in [-0.2, 0) is 4.79 Å². The van der Waals surface area contributed by atoms with Crippen LogP contribution in [0.15, 0.2) is 49.2 Å². The molecular weight excluding hydrogens is 260 g/mol. The number of thiazole rings is 1. The molecule has 5 heteroatoms. The van der Waals surface area contributed by atoms with Gasteiger partial charge in [0.05, 0.1) is 16.8 Å². The van der Waals surface area contributed by atoms with Crippen LogP contribution in [0.25, 0.3) is 16.8 Å². The number of nitrogens with zero attached hydrogens (tertiary/aromatic N) is 1. The van der Waals surface area contributed by atoms with Gasteiger partial charge in [0.2, 0.25) is 6.41 Å². The minimum absolute atomic E-state index is 0.477. The van der Waals surface area contributed by atoms with Gasteiger partial charge < -0.3 is 10.4 Å². The SMILES string of the molecule is C=C/C(=C\O)c1sc(NC=O)nc1-c1ccccc1. The van der Waals surface area contributed by atoms with Crippen LogP contribution in [0.4, 0.5) is 5.13 Å². The summed E-state index contributed by atoms with van der Waals surface area (Å²) in [5, 5.41) is 12.2. The standard InChI is InChI=1S/C14H12N2O2S/c1-2-10(8-17)13-12(11-6-4-3-5-7-11)16-14(19-13)15-9-18/h2-9,17H,1H2,(H,15,16,18)/b10-8+. The molecule has 19 heavy (non-hydrogen) atoms. The zero-order chi connectivity index (χ0) is 13.7. The van der Waals surface area contributed by atoms with Crippen molar-refractivity contribution in [2.45, 2.75) is 0 Å². The van der Waals surface area contributed by atoms with Crippen LogP contribution >= 0.6 is 11.3 Å². The Balaban J connectivity index is 2.58. The Bertz CT molecular complexity index is 618. The first-order valence-corrected chi connectivity index (χ1v) is 6.35. The minimum atomic E-state index is 0.477. The third-order valence-electron chi connectivity index (χ3n) is 2.48.